The molecule has 25 heavy (non-hydrogen) atoms. The van der Waals surface area contributed by atoms with E-state index in [4.69, 9.17) is 9.47 Å². The summed E-state index contributed by atoms with van der Waals surface area (Å²) < 4.78 is 11.7. The van der Waals surface area contributed by atoms with E-state index >= 15 is 0 Å². The van der Waals surface area contributed by atoms with Gasteiger partial charge in [0.1, 0.15) is 6.61 Å². The Morgan fingerprint density at radius 3 is 3.16 bits per heavy atom. The van der Waals surface area contributed by atoms with Gasteiger partial charge in [-0.1, -0.05) is 18.2 Å². The number of piperidine rings is 1. The Balaban J connectivity index is 1.65. The Labute approximate surface area is 147 Å². The lowest BCUT2D eigenvalue weighted by Gasteiger charge is -2.52. The number of fused-ring (bicyclic) bond motifs is 7. The highest BCUT2D eigenvalue weighted by Gasteiger charge is 2.57. The summed E-state index contributed by atoms with van der Waals surface area (Å²) in [7, 11) is 0. The smallest absolute Gasteiger partial charge is 0.302 e. The SMILES string of the molecule is CC(=O)OC[C@]12CCO[C@H]1CCN1CCc3c([nH]c4ccccc34)[C@H]12. The molecule has 0 unspecified atom stereocenters. The third-order valence-corrected chi connectivity index (χ3v) is 6.43. The van der Waals surface area contributed by atoms with E-state index in [1.807, 2.05) is 0 Å². The minimum absolute atomic E-state index is 0.139. The molecule has 3 atom stereocenters. The number of carbonyl (C=O) groups excluding carboxylic acids is 1. The first kappa shape index (κ1) is 15.4. The Morgan fingerprint density at radius 1 is 1.40 bits per heavy atom. The number of hydrogen-bond acceptors (Lipinski definition) is 4. The molecule has 1 aromatic carbocycles. The second-order valence-electron chi connectivity index (χ2n) is 7.66. The van der Waals surface area contributed by atoms with Crippen LogP contribution in [0.25, 0.3) is 10.9 Å². The summed E-state index contributed by atoms with van der Waals surface area (Å²) in [4.78, 5) is 17.8. The third kappa shape index (κ3) is 2.19. The number of hydrogen-bond donors (Lipinski definition) is 1. The zero-order valence-corrected chi connectivity index (χ0v) is 14.6. The number of para-hydroxylation sites is 1. The quantitative estimate of drug-likeness (QED) is 0.854. The maximum atomic E-state index is 11.5. The van der Waals surface area contributed by atoms with Crippen molar-refractivity contribution in [3.8, 4) is 0 Å². The molecule has 4 heterocycles. The van der Waals surface area contributed by atoms with Crippen LogP contribution < -0.4 is 0 Å². The predicted molar refractivity (Wildman–Crippen MR) is 94.4 cm³/mol. The summed E-state index contributed by atoms with van der Waals surface area (Å²) >= 11 is 0. The van der Waals surface area contributed by atoms with Crippen LogP contribution in [-0.4, -0.2) is 48.3 Å². The highest BCUT2D eigenvalue weighted by atomic mass is 16.5. The van der Waals surface area contributed by atoms with Crippen molar-refractivity contribution >= 4 is 16.9 Å². The van der Waals surface area contributed by atoms with Gasteiger partial charge in [0.25, 0.3) is 0 Å². The van der Waals surface area contributed by atoms with Crippen LogP contribution >= 0.6 is 0 Å². The Bertz CT molecular complexity index is 829. The van der Waals surface area contributed by atoms with Crippen LogP contribution in [0, 0.1) is 5.41 Å². The fourth-order valence-electron chi connectivity index (χ4n) is 5.35. The minimum Gasteiger partial charge on any atom is -0.465 e. The van der Waals surface area contributed by atoms with Crippen molar-refractivity contribution in [2.24, 2.45) is 5.41 Å². The monoisotopic (exact) mass is 340 g/mol. The van der Waals surface area contributed by atoms with E-state index in [-0.39, 0.29) is 23.5 Å². The number of esters is 1. The molecule has 5 nitrogen and oxygen atoms in total. The highest BCUT2D eigenvalue weighted by molar-refractivity contribution is 5.85. The van der Waals surface area contributed by atoms with Crippen LogP contribution in [0.3, 0.4) is 0 Å². The van der Waals surface area contributed by atoms with Crippen molar-refractivity contribution in [3.63, 3.8) is 0 Å². The van der Waals surface area contributed by atoms with Gasteiger partial charge in [-0.05, 0) is 30.9 Å². The molecule has 1 N–H and O–H groups in total. The standard InChI is InChI=1S/C20H24N2O3/c1-13(23)25-12-20-8-11-24-17(20)7-10-22-9-6-15-14-4-2-3-5-16(14)21-18(15)19(20)22/h2-5,17,19,21H,6-12H2,1H3/t17-,19-,20+/m0/s1. The van der Waals surface area contributed by atoms with Crippen LogP contribution in [0.4, 0.5) is 0 Å². The molecular formula is C20H24N2O3. The first-order chi connectivity index (χ1) is 12.2. The van der Waals surface area contributed by atoms with Crippen molar-refractivity contribution in [3.05, 3.63) is 35.5 Å². The van der Waals surface area contributed by atoms with Gasteiger partial charge in [0.2, 0.25) is 0 Å². The van der Waals surface area contributed by atoms with Gasteiger partial charge in [0.05, 0.1) is 17.6 Å². The van der Waals surface area contributed by atoms with E-state index in [0.29, 0.717) is 6.61 Å². The molecule has 3 aliphatic heterocycles. The number of ether oxygens (including phenoxy) is 2. The fourth-order valence-corrected chi connectivity index (χ4v) is 5.35. The van der Waals surface area contributed by atoms with Crippen LogP contribution in [0.5, 0.6) is 0 Å². The lowest BCUT2D eigenvalue weighted by molar-refractivity contribution is -0.153. The number of nitrogens with zero attached hydrogens (tertiary/aromatic N) is 1. The van der Waals surface area contributed by atoms with Gasteiger partial charge in [-0.3, -0.25) is 9.69 Å². The minimum atomic E-state index is -0.204. The molecule has 3 aliphatic rings. The molecule has 0 spiro atoms. The first-order valence-electron chi connectivity index (χ1n) is 9.27. The van der Waals surface area contributed by atoms with Crippen molar-refractivity contribution in [2.45, 2.75) is 38.3 Å². The molecule has 0 saturated carbocycles. The molecule has 0 radical (unpaired) electrons. The number of aromatic amines is 1. The topological polar surface area (TPSA) is 54.6 Å². The first-order valence-corrected chi connectivity index (χ1v) is 9.27. The van der Waals surface area contributed by atoms with Gasteiger partial charge in [-0.2, -0.15) is 0 Å². The van der Waals surface area contributed by atoms with Gasteiger partial charge in [0.15, 0.2) is 0 Å². The average Bonchev–Trinajstić information content (AvgIpc) is 3.21. The normalized spacial score (nSPS) is 31.4. The predicted octanol–water partition coefficient (Wildman–Crippen LogP) is 2.81. The number of carbonyl (C=O) groups is 1. The second-order valence-corrected chi connectivity index (χ2v) is 7.66. The van der Waals surface area contributed by atoms with Gasteiger partial charge < -0.3 is 14.5 Å². The van der Waals surface area contributed by atoms with E-state index in [2.05, 4.69) is 34.1 Å². The van der Waals surface area contributed by atoms with E-state index in [1.54, 1.807) is 0 Å². The largest absolute Gasteiger partial charge is 0.465 e. The van der Waals surface area contributed by atoms with Crippen LogP contribution in [0.1, 0.15) is 37.1 Å². The molecule has 5 rings (SSSR count). The molecule has 0 aliphatic carbocycles. The summed E-state index contributed by atoms with van der Waals surface area (Å²) in [6.45, 7) is 4.81. The molecule has 1 aromatic heterocycles. The Kier molecular flexibility index (Phi) is 3.44. The van der Waals surface area contributed by atoms with Crippen LogP contribution in [-0.2, 0) is 20.7 Å². The molecule has 0 amide bonds. The summed E-state index contributed by atoms with van der Waals surface area (Å²) in [6.07, 6.45) is 3.21. The number of H-pyrrole nitrogens is 1. The fraction of sp³-hybridized carbons (Fsp3) is 0.550. The van der Waals surface area contributed by atoms with Crippen molar-refractivity contribution in [1.29, 1.82) is 0 Å². The lowest BCUT2D eigenvalue weighted by Crippen LogP contribution is -2.56. The summed E-state index contributed by atoms with van der Waals surface area (Å²) in [6, 6.07) is 8.80. The molecular weight excluding hydrogens is 316 g/mol. The Morgan fingerprint density at radius 2 is 2.28 bits per heavy atom. The average molecular weight is 340 g/mol. The van der Waals surface area contributed by atoms with Crippen molar-refractivity contribution in [1.82, 2.24) is 9.88 Å². The maximum absolute atomic E-state index is 11.5. The number of benzene rings is 1. The van der Waals surface area contributed by atoms with Crippen LogP contribution in [0.2, 0.25) is 0 Å². The lowest BCUT2D eigenvalue weighted by atomic mass is 9.67. The van der Waals surface area contributed by atoms with Gasteiger partial charge in [0, 0.05) is 43.2 Å². The summed E-state index contributed by atoms with van der Waals surface area (Å²) in [5, 5.41) is 1.33. The third-order valence-electron chi connectivity index (χ3n) is 6.43. The molecule has 2 fully saturated rings. The van der Waals surface area contributed by atoms with E-state index in [1.165, 1.54) is 29.1 Å². The second kappa shape index (κ2) is 5.58. The maximum Gasteiger partial charge on any atom is 0.302 e. The van der Waals surface area contributed by atoms with Crippen molar-refractivity contribution < 1.29 is 14.3 Å². The highest BCUT2D eigenvalue weighted by Crippen LogP contribution is 2.55. The Hall–Kier alpha value is -1.85. The van der Waals surface area contributed by atoms with E-state index in [0.717, 1.165) is 39.0 Å². The number of aromatic nitrogens is 1. The zero-order chi connectivity index (χ0) is 17.0. The van der Waals surface area contributed by atoms with Gasteiger partial charge in [-0.15, -0.1) is 0 Å². The van der Waals surface area contributed by atoms with Crippen molar-refractivity contribution in [2.75, 3.05) is 26.3 Å². The molecule has 132 valence electrons. The van der Waals surface area contributed by atoms with E-state index in [9.17, 15) is 4.79 Å². The molecule has 2 aromatic rings. The molecule has 2 saturated heterocycles. The summed E-state index contributed by atoms with van der Waals surface area (Å²) in [5.41, 5.74) is 3.82. The number of nitrogens with one attached hydrogen (secondary N) is 1. The number of rotatable bonds is 2. The molecule has 0 bridgehead atoms. The molecule has 5 heteroatoms. The van der Waals surface area contributed by atoms with Gasteiger partial charge >= 0.3 is 5.97 Å². The van der Waals surface area contributed by atoms with Crippen LogP contribution in [0.15, 0.2) is 24.3 Å². The van der Waals surface area contributed by atoms with Gasteiger partial charge in [-0.25, -0.2) is 0 Å². The zero-order valence-electron chi connectivity index (χ0n) is 14.6. The van der Waals surface area contributed by atoms with E-state index < -0.39 is 0 Å². The summed E-state index contributed by atoms with van der Waals surface area (Å²) in [5.74, 6) is -0.204.